The minimum atomic E-state index is -1.08. The summed E-state index contributed by atoms with van der Waals surface area (Å²) in [6, 6.07) is 6.09. The van der Waals surface area contributed by atoms with Crippen molar-refractivity contribution in [3.05, 3.63) is 29.8 Å². The smallest absolute Gasteiger partial charge is 0.326 e. The van der Waals surface area contributed by atoms with Crippen LogP contribution in [-0.2, 0) is 14.4 Å². The number of anilines is 1. The molecule has 2 atom stereocenters. The second-order valence-corrected chi connectivity index (χ2v) is 5.46. The first kappa shape index (κ1) is 15.0. The van der Waals surface area contributed by atoms with Crippen LogP contribution in [0.25, 0.3) is 0 Å². The predicted octanol–water partition coefficient (Wildman–Crippen LogP) is 1.34. The first-order valence-electron chi connectivity index (χ1n) is 6.82. The Labute approximate surface area is 122 Å². The Kier molecular flexibility index (Phi) is 4.26. The zero-order chi connectivity index (χ0) is 15.6. The molecular formula is C15H18N2O4. The molecule has 2 amide bonds. The highest BCUT2D eigenvalue weighted by molar-refractivity contribution is 6.01. The van der Waals surface area contributed by atoms with Gasteiger partial charge in [0.15, 0.2) is 0 Å². The van der Waals surface area contributed by atoms with Gasteiger partial charge in [0.2, 0.25) is 11.8 Å². The molecule has 0 spiro atoms. The third-order valence-corrected chi connectivity index (χ3v) is 3.55. The van der Waals surface area contributed by atoms with Crippen molar-refractivity contribution in [1.82, 2.24) is 5.32 Å². The van der Waals surface area contributed by atoms with Crippen molar-refractivity contribution in [3.63, 3.8) is 0 Å². The van der Waals surface area contributed by atoms with E-state index in [-0.39, 0.29) is 18.2 Å². The van der Waals surface area contributed by atoms with Gasteiger partial charge in [0.25, 0.3) is 0 Å². The number of carbonyl (C=O) groups excluding carboxylic acids is 2. The van der Waals surface area contributed by atoms with Gasteiger partial charge in [0, 0.05) is 12.1 Å². The molecule has 0 bridgehead atoms. The number of carbonyl (C=O) groups is 3. The van der Waals surface area contributed by atoms with Gasteiger partial charge < -0.3 is 15.7 Å². The Bertz CT molecular complexity index is 583. The molecule has 112 valence electrons. The van der Waals surface area contributed by atoms with E-state index in [4.69, 9.17) is 5.11 Å². The molecule has 21 heavy (non-hydrogen) atoms. The molecule has 3 N–H and O–H groups in total. The van der Waals surface area contributed by atoms with Crippen molar-refractivity contribution in [2.75, 3.05) is 5.32 Å². The Morgan fingerprint density at radius 1 is 1.33 bits per heavy atom. The molecule has 0 radical (unpaired) electrons. The summed E-state index contributed by atoms with van der Waals surface area (Å²) in [5, 5.41) is 14.4. The van der Waals surface area contributed by atoms with E-state index in [1.807, 2.05) is 0 Å². The zero-order valence-electron chi connectivity index (χ0n) is 11.9. The molecular weight excluding hydrogens is 272 g/mol. The number of benzene rings is 1. The van der Waals surface area contributed by atoms with Gasteiger partial charge in [-0.15, -0.1) is 0 Å². The summed E-state index contributed by atoms with van der Waals surface area (Å²) in [5.41, 5.74) is 1.31. The Hall–Kier alpha value is -2.37. The number of rotatable bonds is 4. The van der Waals surface area contributed by atoms with E-state index in [1.54, 1.807) is 38.1 Å². The maximum absolute atomic E-state index is 12.4. The molecule has 1 aliphatic heterocycles. The first-order chi connectivity index (χ1) is 9.90. The molecule has 2 unspecified atom stereocenters. The van der Waals surface area contributed by atoms with E-state index >= 15 is 0 Å². The summed E-state index contributed by atoms with van der Waals surface area (Å²) in [6.07, 6.45) is 0.0211. The lowest BCUT2D eigenvalue weighted by Gasteiger charge is -2.27. The van der Waals surface area contributed by atoms with Gasteiger partial charge in [-0.2, -0.15) is 0 Å². The largest absolute Gasteiger partial charge is 0.480 e. The van der Waals surface area contributed by atoms with E-state index < -0.39 is 23.8 Å². The van der Waals surface area contributed by atoms with Crippen LogP contribution in [0.2, 0.25) is 0 Å². The second-order valence-electron chi connectivity index (χ2n) is 5.46. The van der Waals surface area contributed by atoms with Crippen LogP contribution < -0.4 is 10.6 Å². The molecule has 1 aromatic rings. The molecule has 0 aromatic heterocycles. The van der Waals surface area contributed by atoms with Crippen LogP contribution in [0.15, 0.2) is 24.3 Å². The SMILES string of the molecule is CC(C)C(NC(=O)C1CC(=O)Nc2ccccc21)C(=O)O. The second kappa shape index (κ2) is 5.95. The van der Waals surface area contributed by atoms with E-state index in [1.165, 1.54) is 0 Å². The molecule has 1 aromatic carbocycles. The predicted molar refractivity (Wildman–Crippen MR) is 76.8 cm³/mol. The van der Waals surface area contributed by atoms with Crippen molar-refractivity contribution in [2.45, 2.75) is 32.2 Å². The fraction of sp³-hybridized carbons (Fsp3) is 0.400. The maximum atomic E-state index is 12.4. The third-order valence-electron chi connectivity index (χ3n) is 3.55. The molecule has 2 rings (SSSR count). The van der Waals surface area contributed by atoms with Crippen LogP contribution >= 0.6 is 0 Å². The van der Waals surface area contributed by atoms with E-state index in [2.05, 4.69) is 10.6 Å². The number of fused-ring (bicyclic) bond motifs is 1. The number of nitrogens with one attached hydrogen (secondary N) is 2. The highest BCUT2D eigenvalue weighted by Gasteiger charge is 2.33. The Morgan fingerprint density at radius 2 is 2.00 bits per heavy atom. The third kappa shape index (κ3) is 3.21. The monoisotopic (exact) mass is 290 g/mol. The van der Waals surface area contributed by atoms with Gasteiger partial charge in [0.05, 0.1) is 5.92 Å². The number of hydrogen-bond acceptors (Lipinski definition) is 3. The molecule has 0 fully saturated rings. The van der Waals surface area contributed by atoms with E-state index in [0.717, 1.165) is 0 Å². The van der Waals surface area contributed by atoms with Gasteiger partial charge in [0.1, 0.15) is 6.04 Å². The highest BCUT2D eigenvalue weighted by Crippen LogP contribution is 2.32. The van der Waals surface area contributed by atoms with Crippen LogP contribution in [0.4, 0.5) is 5.69 Å². The Morgan fingerprint density at radius 3 is 2.62 bits per heavy atom. The van der Waals surface area contributed by atoms with Crippen molar-refractivity contribution >= 4 is 23.5 Å². The lowest BCUT2D eigenvalue weighted by Crippen LogP contribution is -2.47. The minimum absolute atomic E-state index is 0.0211. The summed E-state index contributed by atoms with van der Waals surface area (Å²) < 4.78 is 0. The average molecular weight is 290 g/mol. The molecule has 6 heteroatoms. The minimum Gasteiger partial charge on any atom is -0.480 e. The summed E-state index contributed by atoms with van der Waals surface area (Å²) in [6.45, 7) is 3.45. The highest BCUT2D eigenvalue weighted by atomic mass is 16.4. The fourth-order valence-electron chi connectivity index (χ4n) is 2.41. The van der Waals surface area contributed by atoms with E-state index in [0.29, 0.717) is 11.3 Å². The lowest BCUT2D eigenvalue weighted by molar-refractivity contribution is -0.143. The number of aliphatic carboxylic acids is 1. The fourth-order valence-corrected chi connectivity index (χ4v) is 2.41. The first-order valence-corrected chi connectivity index (χ1v) is 6.82. The van der Waals surface area contributed by atoms with Gasteiger partial charge in [-0.25, -0.2) is 4.79 Å². The van der Waals surface area contributed by atoms with Crippen LogP contribution in [-0.4, -0.2) is 28.9 Å². The number of amides is 2. The number of hydrogen-bond donors (Lipinski definition) is 3. The molecule has 0 saturated carbocycles. The normalized spacial score (nSPS) is 18.6. The number of carboxylic acids is 1. The standard InChI is InChI=1S/C15H18N2O4/c1-8(2)13(15(20)21)17-14(19)10-7-12(18)16-11-6-4-3-5-9(10)11/h3-6,8,10,13H,7H2,1-2H3,(H,16,18)(H,17,19)(H,20,21). The molecule has 0 aliphatic carbocycles. The topological polar surface area (TPSA) is 95.5 Å². The van der Waals surface area contributed by atoms with Crippen LogP contribution in [0, 0.1) is 5.92 Å². The summed E-state index contributed by atoms with van der Waals surface area (Å²) in [5.74, 6) is -2.65. The van der Waals surface area contributed by atoms with Crippen molar-refractivity contribution in [1.29, 1.82) is 0 Å². The van der Waals surface area contributed by atoms with Crippen molar-refractivity contribution < 1.29 is 19.5 Å². The molecule has 6 nitrogen and oxygen atoms in total. The molecule has 0 saturated heterocycles. The summed E-state index contributed by atoms with van der Waals surface area (Å²) in [7, 11) is 0. The Balaban J connectivity index is 2.23. The van der Waals surface area contributed by atoms with Crippen LogP contribution in [0.3, 0.4) is 0 Å². The maximum Gasteiger partial charge on any atom is 0.326 e. The quantitative estimate of drug-likeness (QED) is 0.779. The molecule has 1 aliphatic rings. The summed E-state index contributed by atoms with van der Waals surface area (Å²) in [4.78, 5) is 35.2. The number of carboxylic acid groups (broad SMARTS) is 1. The van der Waals surface area contributed by atoms with Gasteiger partial charge >= 0.3 is 5.97 Å². The van der Waals surface area contributed by atoms with E-state index in [9.17, 15) is 14.4 Å². The van der Waals surface area contributed by atoms with Crippen LogP contribution in [0.1, 0.15) is 31.7 Å². The number of para-hydroxylation sites is 1. The zero-order valence-corrected chi connectivity index (χ0v) is 11.9. The molecule has 1 heterocycles. The van der Waals surface area contributed by atoms with Crippen molar-refractivity contribution in [3.8, 4) is 0 Å². The average Bonchev–Trinajstić information content (AvgIpc) is 2.42. The van der Waals surface area contributed by atoms with Gasteiger partial charge in [-0.3, -0.25) is 9.59 Å². The summed E-state index contributed by atoms with van der Waals surface area (Å²) >= 11 is 0. The van der Waals surface area contributed by atoms with Gasteiger partial charge in [-0.1, -0.05) is 32.0 Å². The van der Waals surface area contributed by atoms with Crippen molar-refractivity contribution in [2.24, 2.45) is 5.92 Å². The van der Waals surface area contributed by atoms with Crippen LogP contribution in [0.5, 0.6) is 0 Å². The van der Waals surface area contributed by atoms with Gasteiger partial charge in [-0.05, 0) is 17.5 Å². The lowest BCUT2D eigenvalue weighted by atomic mass is 9.89.